The van der Waals surface area contributed by atoms with Crippen molar-refractivity contribution >= 4 is 53.3 Å². The van der Waals surface area contributed by atoms with Gasteiger partial charge in [-0.15, -0.1) is 11.3 Å². The molecule has 0 unspecified atom stereocenters. The predicted octanol–water partition coefficient (Wildman–Crippen LogP) is 9.02. The lowest BCUT2D eigenvalue weighted by Crippen LogP contribution is -1.81. The number of fused-ring (bicyclic) bond motifs is 6. The first-order chi connectivity index (χ1) is 15.8. The number of aromatic nitrogens is 1. The third kappa shape index (κ3) is 2.63. The molecule has 0 aliphatic carbocycles. The molecule has 2 heterocycles. The minimum atomic E-state index is 1.18. The van der Waals surface area contributed by atoms with Gasteiger partial charge in [0.25, 0.3) is 0 Å². The minimum Gasteiger partial charge on any atom is -0.354 e. The van der Waals surface area contributed by atoms with E-state index in [-0.39, 0.29) is 0 Å². The van der Waals surface area contributed by atoms with Crippen LogP contribution < -0.4 is 0 Å². The van der Waals surface area contributed by atoms with E-state index in [0.717, 1.165) is 0 Å². The van der Waals surface area contributed by atoms with Crippen molar-refractivity contribution in [1.82, 2.24) is 4.98 Å². The van der Waals surface area contributed by atoms with Gasteiger partial charge in [-0.1, -0.05) is 91.0 Å². The minimum absolute atomic E-state index is 1.18. The molecule has 1 nitrogen and oxygen atoms in total. The molecule has 2 heteroatoms. The summed E-state index contributed by atoms with van der Waals surface area (Å²) in [7, 11) is 0. The highest BCUT2D eigenvalue weighted by molar-refractivity contribution is 7.26. The molecule has 0 bridgehead atoms. The number of aromatic amines is 1. The summed E-state index contributed by atoms with van der Waals surface area (Å²) in [6.07, 6.45) is 0. The summed E-state index contributed by atoms with van der Waals surface area (Å²) in [5.41, 5.74) is 7.40. The van der Waals surface area contributed by atoms with Crippen LogP contribution in [0.25, 0.3) is 64.2 Å². The highest BCUT2D eigenvalue weighted by Gasteiger charge is 2.11. The van der Waals surface area contributed by atoms with E-state index in [2.05, 4.69) is 114 Å². The zero-order chi connectivity index (χ0) is 21.1. The van der Waals surface area contributed by atoms with E-state index >= 15 is 0 Å². The van der Waals surface area contributed by atoms with Gasteiger partial charge in [0.05, 0.1) is 0 Å². The molecule has 0 amide bonds. The zero-order valence-electron chi connectivity index (χ0n) is 17.3. The average molecular weight is 426 g/mol. The largest absolute Gasteiger partial charge is 0.354 e. The molecule has 0 aliphatic heterocycles. The maximum atomic E-state index is 3.56. The maximum Gasteiger partial charge on any atom is 0.0471 e. The molecule has 7 rings (SSSR count). The number of nitrogens with one attached hydrogen (secondary N) is 1. The Morgan fingerprint density at radius 3 is 2.06 bits per heavy atom. The van der Waals surface area contributed by atoms with E-state index in [9.17, 15) is 0 Å². The Balaban J connectivity index is 1.32. The van der Waals surface area contributed by atoms with E-state index < -0.39 is 0 Å². The molecule has 0 radical (unpaired) electrons. The zero-order valence-corrected chi connectivity index (χ0v) is 18.1. The molecule has 0 saturated heterocycles. The molecule has 0 fully saturated rings. The van der Waals surface area contributed by atoms with E-state index in [1.54, 1.807) is 0 Å². The summed E-state index contributed by atoms with van der Waals surface area (Å²) in [6.45, 7) is 0. The van der Waals surface area contributed by atoms with Gasteiger partial charge in [-0.2, -0.15) is 0 Å². The number of thiophene rings is 1. The average Bonchev–Trinajstić information content (AvgIpc) is 3.42. The van der Waals surface area contributed by atoms with Gasteiger partial charge in [-0.25, -0.2) is 0 Å². The highest BCUT2D eigenvalue weighted by atomic mass is 32.1. The quantitative estimate of drug-likeness (QED) is 0.284. The summed E-state index contributed by atoms with van der Waals surface area (Å²) < 4.78 is 2.71. The third-order valence-electron chi connectivity index (χ3n) is 6.44. The summed E-state index contributed by atoms with van der Waals surface area (Å²) in [5.74, 6) is 0. The van der Waals surface area contributed by atoms with Gasteiger partial charge >= 0.3 is 0 Å². The van der Waals surface area contributed by atoms with Crippen molar-refractivity contribution < 1.29 is 0 Å². The predicted molar refractivity (Wildman–Crippen MR) is 140 cm³/mol. The van der Waals surface area contributed by atoms with Crippen molar-refractivity contribution in [1.29, 1.82) is 0 Å². The molecule has 150 valence electrons. The van der Waals surface area contributed by atoms with Crippen LogP contribution in [0.15, 0.2) is 109 Å². The van der Waals surface area contributed by atoms with Crippen LogP contribution in [0.4, 0.5) is 0 Å². The van der Waals surface area contributed by atoms with Crippen molar-refractivity contribution in [2.24, 2.45) is 0 Å². The number of H-pyrrole nitrogens is 1. The molecular formula is C30H19NS. The van der Waals surface area contributed by atoms with Crippen LogP contribution in [-0.4, -0.2) is 4.98 Å². The van der Waals surface area contributed by atoms with Crippen LogP contribution in [0, 0.1) is 0 Å². The van der Waals surface area contributed by atoms with Crippen LogP contribution in [0.3, 0.4) is 0 Å². The Hall–Kier alpha value is -3.88. The normalized spacial score (nSPS) is 11.8. The van der Waals surface area contributed by atoms with Gasteiger partial charge < -0.3 is 4.98 Å². The number of rotatable bonds is 2. The highest BCUT2D eigenvalue weighted by Crippen LogP contribution is 2.40. The first-order valence-corrected chi connectivity index (χ1v) is 11.7. The molecule has 0 saturated carbocycles. The molecule has 1 N–H and O–H groups in total. The van der Waals surface area contributed by atoms with Gasteiger partial charge in [-0.05, 0) is 40.5 Å². The van der Waals surface area contributed by atoms with E-state index in [1.165, 1.54) is 64.2 Å². The molecular weight excluding hydrogens is 406 g/mol. The summed E-state index contributed by atoms with van der Waals surface area (Å²) >= 11 is 1.88. The van der Waals surface area contributed by atoms with E-state index in [0.29, 0.717) is 0 Å². The van der Waals surface area contributed by atoms with Gasteiger partial charge in [0, 0.05) is 42.0 Å². The van der Waals surface area contributed by atoms with Crippen molar-refractivity contribution in [2.45, 2.75) is 0 Å². The van der Waals surface area contributed by atoms with Gasteiger partial charge in [0.1, 0.15) is 0 Å². The molecule has 0 aliphatic rings. The number of para-hydroxylation sites is 1. The fourth-order valence-electron chi connectivity index (χ4n) is 4.85. The fourth-order valence-corrected chi connectivity index (χ4v) is 6.09. The van der Waals surface area contributed by atoms with Gasteiger partial charge in [-0.3, -0.25) is 0 Å². The SMILES string of the molecule is c1ccc2c(c1)[nH]c1cc(-c3ccc(-c4cccc5c4sc4ccccc45)cc3)ccc12. The second kappa shape index (κ2) is 6.81. The molecule has 7 aromatic rings. The number of hydrogen-bond acceptors (Lipinski definition) is 1. The summed E-state index contributed by atoms with van der Waals surface area (Å²) in [4.78, 5) is 3.56. The standard InChI is InChI=1S/C30H19NS/c1-3-10-27-23(6-1)24-17-16-21(18-28(24)31-27)19-12-14-20(15-13-19)22-8-5-9-26-25-7-2-4-11-29(25)32-30(22)26/h1-18,31H. The monoisotopic (exact) mass is 425 g/mol. The third-order valence-corrected chi connectivity index (χ3v) is 7.66. The first kappa shape index (κ1) is 17.8. The Bertz CT molecular complexity index is 1770. The second-order valence-electron chi connectivity index (χ2n) is 8.29. The maximum absolute atomic E-state index is 3.56. The van der Waals surface area contributed by atoms with Crippen molar-refractivity contribution in [2.75, 3.05) is 0 Å². The molecule has 5 aromatic carbocycles. The van der Waals surface area contributed by atoms with Crippen LogP contribution in [-0.2, 0) is 0 Å². The number of hydrogen-bond donors (Lipinski definition) is 1. The van der Waals surface area contributed by atoms with Crippen molar-refractivity contribution in [3.63, 3.8) is 0 Å². The lowest BCUT2D eigenvalue weighted by atomic mass is 9.98. The summed E-state index contributed by atoms with van der Waals surface area (Å²) in [6, 6.07) is 39.5. The molecule has 0 spiro atoms. The Morgan fingerprint density at radius 1 is 0.469 bits per heavy atom. The first-order valence-electron chi connectivity index (χ1n) is 10.9. The molecule has 32 heavy (non-hydrogen) atoms. The summed E-state index contributed by atoms with van der Waals surface area (Å²) in [5, 5.41) is 5.24. The Labute approximate surface area is 189 Å². The number of benzene rings is 5. The Morgan fingerprint density at radius 2 is 1.16 bits per heavy atom. The van der Waals surface area contributed by atoms with Crippen LogP contribution in [0.1, 0.15) is 0 Å². The van der Waals surface area contributed by atoms with E-state index in [4.69, 9.17) is 0 Å². The second-order valence-corrected chi connectivity index (χ2v) is 9.34. The lowest BCUT2D eigenvalue weighted by molar-refractivity contribution is 1.54. The van der Waals surface area contributed by atoms with Crippen LogP contribution >= 0.6 is 11.3 Å². The molecule has 2 aromatic heterocycles. The van der Waals surface area contributed by atoms with Gasteiger partial charge in [0.2, 0.25) is 0 Å². The smallest absolute Gasteiger partial charge is 0.0471 e. The molecule has 0 atom stereocenters. The lowest BCUT2D eigenvalue weighted by Gasteiger charge is -2.07. The van der Waals surface area contributed by atoms with Crippen LogP contribution in [0.2, 0.25) is 0 Å². The topological polar surface area (TPSA) is 15.8 Å². The van der Waals surface area contributed by atoms with Crippen molar-refractivity contribution in [3.05, 3.63) is 109 Å². The van der Waals surface area contributed by atoms with E-state index in [1.807, 2.05) is 11.3 Å². The van der Waals surface area contributed by atoms with Crippen LogP contribution in [0.5, 0.6) is 0 Å². The van der Waals surface area contributed by atoms with Gasteiger partial charge in [0.15, 0.2) is 0 Å². The van der Waals surface area contributed by atoms with Crippen molar-refractivity contribution in [3.8, 4) is 22.3 Å². The Kier molecular flexibility index (Phi) is 3.78. The fraction of sp³-hybridized carbons (Fsp3) is 0.